The Hall–Kier alpha value is -1.33. The molecule has 0 amide bonds. The maximum absolute atomic E-state index is 13.6. The van der Waals surface area contributed by atoms with Crippen LogP contribution in [0.5, 0.6) is 5.75 Å². The molecule has 0 aliphatic rings. The summed E-state index contributed by atoms with van der Waals surface area (Å²) in [5.41, 5.74) is 0.924. The van der Waals surface area contributed by atoms with E-state index in [0.29, 0.717) is 6.54 Å². The predicted octanol–water partition coefficient (Wildman–Crippen LogP) is 4.26. The SMILES string of the molecule is CCCNCc1occc1COc1cc(Br)ccc1F. The molecule has 0 radical (unpaired) electrons. The van der Waals surface area contributed by atoms with Gasteiger partial charge in [-0.2, -0.15) is 0 Å². The molecule has 1 heterocycles. The Morgan fingerprint density at radius 3 is 3.00 bits per heavy atom. The van der Waals surface area contributed by atoms with Gasteiger partial charge in [0.1, 0.15) is 12.4 Å². The van der Waals surface area contributed by atoms with Crippen molar-refractivity contribution >= 4 is 15.9 Å². The quantitative estimate of drug-likeness (QED) is 0.764. The smallest absolute Gasteiger partial charge is 0.165 e. The van der Waals surface area contributed by atoms with Crippen molar-refractivity contribution in [3.8, 4) is 5.75 Å². The number of benzene rings is 1. The number of halogens is 2. The van der Waals surface area contributed by atoms with Crippen LogP contribution in [0.25, 0.3) is 0 Å². The van der Waals surface area contributed by atoms with Crippen LogP contribution in [0.2, 0.25) is 0 Å². The largest absolute Gasteiger partial charge is 0.486 e. The Morgan fingerprint density at radius 1 is 1.35 bits per heavy atom. The molecule has 3 nitrogen and oxygen atoms in total. The monoisotopic (exact) mass is 341 g/mol. The first-order valence-electron chi connectivity index (χ1n) is 6.54. The Labute approximate surface area is 126 Å². The molecule has 2 rings (SSSR count). The van der Waals surface area contributed by atoms with E-state index in [1.807, 2.05) is 6.07 Å². The highest BCUT2D eigenvalue weighted by atomic mass is 79.9. The molecule has 0 spiro atoms. The van der Waals surface area contributed by atoms with Crippen molar-refractivity contribution in [1.82, 2.24) is 5.32 Å². The van der Waals surface area contributed by atoms with Crippen LogP contribution in [0, 0.1) is 5.82 Å². The minimum atomic E-state index is -0.373. The van der Waals surface area contributed by atoms with E-state index < -0.39 is 0 Å². The fourth-order valence-electron chi connectivity index (χ4n) is 1.77. The van der Waals surface area contributed by atoms with Gasteiger partial charge in [0.15, 0.2) is 11.6 Å². The minimum absolute atomic E-state index is 0.230. The Morgan fingerprint density at radius 2 is 2.20 bits per heavy atom. The Kier molecular flexibility index (Phi) is 5.61. The zero-order valence-corrected chi connectivity index (χ0v) is 12.9. The van der Waals surface area contributed by atoms with Crippen LogP contribution in [0.15, 0.2) is 39.4 Å². The normalized spacial score (nSPS) is 10.8. The maximum Gasteiger partial charge on any atom is 0.165 e. The minimum Gasteiger partial charge on any atom is -0.486 e. The van der Waals surface area contributed by atoms with Crippen molar-refractivity contribution in [2.45, 2.75) is 26.5 Å². The number of ether oxygens (including phenoxy) is 1. The molecule has 108 valence electrons. The van der Waals surface area contributed by atoms with Crippen LogP contribution in [0.4, 0.5) is 4.39 Å². The molecule has 0 unspecified atom stereocenters. The molecule has 1 N–H and O–H groups in total. The molecule has 1 aromatic carbocycles. The average molecular weight is 342 g/mol. The van der Waals surface area contributed by atoms with Crippen LogP contribution >= 0.6 is 15.9 Å². The van der Waals surface area contributed by atoms with Gasteiger partial charge in [-0.25, -0.2) is 4.39 Å². The van der Waals surface area contributed by atoms with Gasteiger partial charge in [0, 0.05) is 10.0 Å². The molecule has 0 aliphatic heterocycles. The van der Waals surface area contributed by atoms with Crippen molar-refractivity contribution in [3.63, 3.8) is 0 Å². The second-order valence-corrected chi connectivity index (χ2v) is 5.32. The first kappa shape index (κ1) is 15.1. The number of nitrogens with one attached hydrogen (secondary N) is 1. The lowest BCUT2D eigenvalue weighted by molar-refractivity contribution is 0.286. The molecule has 0 fully saturated rings. The third-order valence-corrected chi connectivity index (χ3v) is 3.32. The second kappa shape index (κ2) is 7.45. The van der Waals surface area contributed by atoms with Gasteiger partial charge in [-0.1, -0.05) is 22.9 Å². The predicted molar refractivity (Wildman–Crippen MR) is 79.1 cm³/mol. The van der Waals surface area contributed by atoms with E-state index in [2.05, 4.69) is 28.2 Å². The summed E-state index contributed by atoms with van der Waals surface area (Å²) >= 11 is 3.30. The topological polar surface area (TPSA) is 34.4 Å². The van der Waals surface area contributed by atoms with Crippen molar-refractivity contribution in [1.29, 1.82) is 0 Å². The molecule has 2 aromatic rings. The van der Waals surface area contributed by atoms with Gasteiger partial charge in [0.2, 0.25) is 0 Å². The molecule has 0 aliphatic carbocycles. The lowest BCUT2D eigenvalue weighted by Gasteiger charge is -2.08. The van der Waals surface area contributed by atoms with Crippen LogP contribution in [-0.4, -0.2) is 6.54 Å². The van der Waals surface area contributed by atoms with Crippen molar-refractivity contribution < 1.29 is 13.5 Å². The summed E-state index contributed by atoms with van der Waals surface area (Å²) in [5.74, 6) is 0.684. The number of hydrogen-bond acceptors (Lipinski definition) is 3. The summed E-state index contributed by atoms with van der Waals surface area (Å²) in [6.07, 6.45) is 2.69. The first-order valence-corrected chi connectivity index (χ1v) is 7.33. The van der Waals surface area contributed by atoms with Crippen LogP contribution < -0.4 is 10.1 Å². The summed E-state index contributed by atoms with van der Waals surface area (Å²) in [6.45, 7) is 3.98. The van der Waals surface area contributed by atoms with Crippen LogP contribution in [-0.2, 0) is 13.2 Å². The highest BCUT2D eigenvalue weighted by Crippen LogP contribution is 2.23. The summed E-state index contributed by atoms with van der Waals surface area (Å²) in [5, 5.41) is 3.27. The Bertz CT molecular complexity index is 557. The van der Waals surface area contributed by atoms with E-state index in [1.165, 1.54) is 6.07 Å². The standard InChI is InChI=1S/C15H17BrFNO2/c1-2-6-18-9-15-11(5-7-19-15)10-20-14-8-12(16)3-4-13(14)17/h3-5,7-8,18H,2,6,9-10H2,1H3. The number of furan rings is 1. The molecular formula is C15H17BrFNO2. The summed E-state index contributed by atoms with van der Waals surface area (Å²) in [4.78, 5) is 0. The third-order valence-electron chi connectivity index (χ3n) is 2.83. The average Bonchev–Trinajstić information content (AvgIpc) is 2.88. The van der Waals surface area contributed by atoms with Gasteiger partial charge < -0.3 is 14.5 Å². The van der Waals surface area contributed by atoms with E-state index in [-0.39, 0.29) is 18.2 Å². The lowest BCUT2D eigenvalue weighted by Crippen LogP contribution is -2.14. The van der Waals surface area contributed by atoms with E-state index in [9.17, 15) is 4.39 Å². The summed E-state index contributed by atoms with van der Waals surface area (Å²) in [6, 6.07) is 6.47. The fourth-order valence-corrected chi connectivity index (χ4v) is 2.11. The summed E-state index contributed by atoms with van der Waals surface area (Å²) < 4.78 is 25.3. The van der Waals surface area contributed by atoms with Gasteiger partial charge in [-0.3, -0.25) is 0 Å². The fraction of sp³-hybridized carbons (Fsp3) is 0.333. The zero-order chi connectivity index (χ0) is 14.4. The molecule has 1 aromatic heterocycles. The van der Waals surface area contributed by atoms with Gasteiger partial charge in [-0.05, 0) is 37.2 Å². The molecule has 0 atom stereocenters. The maximum atomic E-state index is 13.6. The molecule has 5 heteroatoms. The molecule has 0 saturated heterocycles. The number of hydrogen-bond donors (Lipinski definition) is 1. The lowest BCUT2D eigenvalue weighted by atomic mass is 10.2. The molecular weight excluding hydrogens is 325 g/mol. The van der Waals surface area contributed by atoms with Crippen molar-refractivity contribution in [3.05, 3.63) is 52.1 Å². The van der Waals surface area contributed by atoms with Gasteiger partial charge >= 0.3 is 0 Å². The van der Waals surface area contributed by atoms with E-state index in [0.717, 1.165) is 28.8 Å². The van der Waals surface area contributed by atoms with Gasteiger partial charge in [0.05, 0.1) is 12.8 Å². The highest BCUT2D eigenvalue weighted by molar-refractivity contribution is 9.10. The van der Waals surface area contributed by atoms with E-state index >= 15 is 0 Å². The second-order valence-electron chi connectivity index (χ2n) is 4.41. The number of rotatable bonds is 7. The molecule has 0 bridgehead atoms. The van der Waals surface area contributed by atoms with Gasteiger partial charge in [0.25, 0.3) is 0 Å². The first-order chi connectivity index (χ1) is 9.70. The van der Waals surface area contributed by atoms with Crippen molar-refractivity contribution in [2.75, 3.05) is 6.54 Å². The summed E-state index contributed by atoms with van der Waals surface area (Å²) in [7, 11) is 0. The van der Waals surface area contributed by atoms with Crippen LogP contribution in [0.3, 0.4) is 0 Å². The molecule has 20 heavy (non-hydrogen) atoms. The van der Waals surface area contributed by atoms with E-state index in [4.69, 9.17) is 9.15 Å². The highest BCUT2D eigenvalue weighted by Gasteiger charge is 2.09. The van der Waals surface area contributed by atoms with Crippen molar-refractivity contribution in [2.24, 2.45) is 0 Å². The van der Waals surface area contributed by atoms with Gasteiger partial charge in [-0.15, -0.1) is 0 Å². The van der Waals surface area contributed by atoms with Crippen LogP contribution in [0.1, 0.15) is 24.7 Å². The van der Waals surface area contributed by atoms with E-state index in [1.54, 1.807) is 18.4 Å². The zero-order valence-electron chi connectivity index (χ0n) is 11.3. The third kappa shape index (κ3) is 4.08. The molecule has 0 saturated carbocycles. The Balaban J connectivity index is 1.97.